The lowest BCUT2D eigenvalue weighted by Crippen LogP contribution is -2.49. The van der Waals surface area contributed by atoms with E-state index in [1.165, 1.54) is 5.56 Å². The van der Waals surface area contributed by atoms with Gasteiger partial charge in [-0.1, -0.05) is 30.3 Å². The van der Waals surface area contributed by atoms with Gasteiger partial charge in [0.2, 0.25) is 0 Å². The van der Waals surface area contributed by atoms with Gasteiger partial charge in [-0.05, 0) is 51.8 Å². The summed E-state index contributed by atoms with van der Waals surface area (Å²) in [7, 11) is 0. The number of nitrogens with one attached hydrogen (secondary N) is 3. The van der Waals surface area contributed by atoms with Gasteiger partial charge in [-0.25, -0.2) is 0 Å². The van der Waals surface area contributed by atoms with Crippen LogP contribution in [-0.4, -0.2) is 40.9 Å². The zero-order valence-electron chi connectivity index (χ0n) is 16.9. The molecule has 154 valence electrons. The summed E-state index contributed by atoms with van der Waals surface area (Å²) in [6, 6.07) is 12.7. The number of aromatic nitrogens is 2. The first kappa shape index (κ1) is 22.4. The van der Waals surface area contributed by atoms with E-state index in [1.807, 2.05) is 29.1 Å². The van der Waals surface area contributed by atoms with Crippen molar-refractivity contribution in [2.75, 3.05) is 19.6 Å². The molecule has 0 saturated carbocycles. The van der Waals surface area contributed by atoms with Crippen molar-refractivity contribution >= 4 is 18.3 Å². The topological polar surface area (TPSA) is 71.0 Å². The zero-order chi connectivity index (χ0) is 19.3. The maximum absolute atomic E-state index is 12.5. The normalized spacial score (nSPS) is 18.2. The average molecular weight is 406 g/mol. The van der Waals surface area contributed by atoms with E-state index in [-0.39, 0.29) is 29.9 Å². The Balaban J connectivity index is 0.00000280. The van der Waals surface area contributed by atoms with Crippen LogP contribution in [-0.2, 0) is 0 Å². The summed E-state index contributed by atoms with van der Waals surface area (Å²) < 4.78 is 1.92. The molecule has 0 radical (unpaired) electrons. The van der Waals surface area contributed by atoms with Crippen molar-refractivity contribution in [1.82, 2.24) is 25.7 Å². The van der Waals surface area contributed by atoms with Crippen LogP contribution < -0.4 is 16.0 Å². The molecule has 28 heavy (non-hydrogen) atoms. The Bertz CT molecular complexity index is 740. The van der Waals surface area contributed by atoms with Crippen LogP contribution in [0.25, 0.3) is 0 Å². The van der Waals surface area contributed by atoms with Gasteiger partial charge >= 0.3 is 0 Å². The molecule has 6 nitrogen and oxygen atoms in total. The van der Waals surface area contributed by atoms with Crippen LogP contribution in [0.2, 0.25) is 0 Å². The fraction of sp³-hybridized carbons (Fsp3) is 0.524. The van der Waals surface area contributed by atoms with Crippen molar-refractivity contribution < 1.29 is 4.79 Å². The molecule has 3 N–H and O–H groups in total. The number of halogens is 1. The molecular weight excluding hydrogens is 374 g/mol. The van der Waals surface area contributed by atoms with E-state index in [2.05, 4.69) is 54.0 Å². The Morgan fingerprint density at radius 3 is 2.75 bits per heavy atom. The van der Waals surface area contributed by atoms with E-state index in [0.717, 1.165) is 25.9 Å². The Labute approximate surface area is 173 Å². The second kappa shape index (κ2) is 10.0. The summed E-state index contributed by atoms with van der Waals surface area (Å²) in [5, 5.41) is 14.5. The standard InChI is InChI=1S/C21H31N5O.ClH/c1-16(17-8-5-4-6-9-17)24-21(2,3)15-23-20(27)19-11-13-26(25-19)18-10-7-12-22-14-18;/h4-6,8-9,11,13,16,18,22,24H,7,10,12,14-15H2,1-3H3,(H,23,27);1H. The quantitative estimate of drug-likeness (QED) is 0.662. The minimum Gasteiger partial charge on any atom is -0.349 e. The lowest BCUT2D eigenvalue weighted by molar-refractivity contribution is 0.0934. The Kier molecular flexibility index (Phi) is 8.04. The maximum Gasteiger partial charge on any atom is 0.271 e. The van der Waals surface area contributed by atoms with Gasteiger partial charge < -0.3 is 16.0 Å². The van der Waals surface area contributed by atoms with E-state index in [1.54, 1.807) is 6.07 Å². The highest BCUT2D eigenvalue weighted by Crippen LogP contribution is 2.17. The molecule has 2 aromatic rings. The molecule has 1 saturated heterocycles. The van der Waals surface area contributed by atoms with Crippen LogP contribution >= 0.6 is 12.4 Å². The fourth-order valence-electron chi connectivity index (χ4n) is 3.58. The van der Waals surface area contributed by atoms with Crippen LogP contribution in [0, 0.1) is 0 Å². The molecule has 0 spiro atoms. The number of nitrogens with zero attached hydrogens (tertiary/aromatic N) is 2. The minimum absolute atomic E-state index is 0. The molecule has 0 aliphatic carbocycles. The van der Waals surface area contributed by atoms with Crippen molar-refractivity contribution in [3.05, 3.63) is 53.9 Å². The Hall–Kier alpha value is -1.89. The third kappa shape index (κ3) is 6.06. The number of amides is 1. The van der Waals surface area contributed by atoms with Crippen molar-refractivity contribution in [2.45, 2.75) is 51.2 Å². The van der Waals surface area contributed by atoms with Crippen molar-refractivity contribution in [3.63, 3.8) is 0 Å². The molecule has 1 fully saturated rings. The van der Waals surface area contributed by atoms with Gasteiger partial charge in [-0.3, -0.25) is 9.48 Å². The van der Waals surface area contributed by atoms with E-state index in [9.17, 15) is 4.79 Å². The summed E-state index contributed by atoms with van der Waals surface area (Å²) in [4.78, 5) is 12.5. The molecule has 7 heteroatoms. The number of hydrogen-bond acceptors (Lipinski definition) is 4. The van der Waals surface area contributed by atoms with Gasteiger partial charge in [0.25, 0.3) is 5.91 Å². The second-order valence-electron chi connectivity index (χ2n) is 8.02. The van der Waals surface area contributed by atoms with Crippen molar-refractivity contribution in [1.29, 1.82) is 0 Å². The van der Waals surface area contributed by atoms with E-state index >= 15 is 0 Å². The number of benzene rings is 1. The summed E-state index contributed by atoms with van der Waals surface area (Å²) in [6.07, 6.45) is 4.16. The van der Waals surface area contributed by atoms with Crippen molar-refractivity contribution in [3.8, 4) is 0 Å². The van der Waals surface area contributed by atoms with Gasteiger partial charge in [0, 0.05) is 30.9 Å². The average Bonchev–Trinajstić information content (AvgIpc) is 3.17. The van der Waals surface area contributed by atoms with Gasteiger partial charge in [-0.2, -0.15) is 5.10 Å². The van der Waals surface area contributed by atoms with Gasteiger partial charge in [0.15, 0.2) is 0 Å². The van der Waals surface area contributed by atoms with E-state index in [4.69, 9.17) is 0 Å². The van der Waals surface area contributed by atoms with Crippen LogP contribution in [0.4, 0.5) is 0 Å². The summed E-state index contributed by atoms with van der Waals surface area (Å²) in [5.74, 6) is -0.125. The molecule has 3 rings (SSSR count). The molecule has 1 aliphatic heterocycles. The summed E-state index contributed by atoms with van der Waals surface area (Å²) >= 11 is 0. The number of rotatable bonds is 7. The predicted molar refractivity (Wildman–Crippen MR) is 115 cm³/mol. The lowest BCUT2D eigenvalue weighted by Gasteiger charge is -2.30. The van der Waals surface area contributed by atoms with Crippen LogP contribution in [0.1, 0.15) is 61.7 Å². The molecule has 1 amide bonds. The lowest BCUT2D eigenvalue weighted by atomic mass is 10.0. The summed E-state index contributed by atoms with van der Waals surface area (Å²) in [6.45, 7) is 8.84. The highest BCUT2D eigenvalue weighted by molar-refractivity contribution is 5.92. The Morgan fingerprint density at radius 1 is 1.32 bits per heavy atom. The van der Waals surface area contributed by atoms with Crippen LogP contribution in [0.3, 0.4) is 0 Å². The second-order valence-corrected chi connectivity index (χ2v) is 8.02. The Morgan fingerprint density at radius 2 is 2.07 bits per heavy atom. The number of carbonyl (C=O) groups excluding carboxylic acids is 1. The molecule has 1 aromatic heterocycles. The fourth-order valence-corrected chi connectivity index (χ4v) is 3.58. The molecule has 2 heterocycles. The predicted octanol–water partition coefficient (Wildman–Crippen LogP) is 3.09. The number of hydrogen-bond donors (Lipinski definition) is 3. The summed E-state index contributed by atoms with van der Waals surface area (Å²) in [5.41, 5.74) is 1.48. The molecule has 1 aromatic carbocycles. The first-order valence-corrected chi connectivity index (χ1v) is 9.81. The maximum atomic E-state index is 12.5. The van der Waals surface area contributed by atoms with Gasteiger partial charge in [0.1, 0.15) is 5.69 Å². The first-order chi connectivity index (χ1) is 12.9. The minimum atomic E-state index is -0.235. The van der Waals surface area contributed by atoms with E-state index < -0.39 is 0 Å². The monoisotopic (exact) mass is 405 g/mol. The zero-order valence-corrected chi connectivity index (χ0v) is 17.8. The highest BCUT2D eigenvalue weighted by atomic mass is 35.5. The first-order valence-electron chi connectivity index (χ1n) is 9.81. The largest absolute Gasteiger partial charge is 0.349 e. The molecule has 2 unspecified atom stereocenters. The smallest absolute Gasteiger partial charge is 0.271 e. The van der Waals surface area contributed by atoms with E-state index in [0.29, 0.717) is 18.3 Å². The third-order valence-corrected chi connectivity index (χ3v) is 5.08. The SMILES string of the molecule is CC(NC(C)(C)CNC(=O)c1ccn(C2CCCNC2)n1)c1ccccc1.Cl. The van der Waals surface area contributed by atoms with Crippen LogP contribution in [0.15, 0.2) is 42.6 Å². The number of carbonyl (C=O) groups is 1. The van der Waals surface area contributed by atoms with Crippen LogP contribution in [0.5, 0.6) is 0 Å². The van der Waals surface area contributed by atoms with Gasteiger partial charge in [-0.15, -0.1) is 12.4 Å². The number of piperidine rings is 1. The van der Waals surface area contributed by atoms with Gasteiger partial charge in [0.05, 0.1) is 6.04 Å². The highest BCUT2D eigenvalue weighted by Gasteiger charge is 2.23. The molecule has 1 aliphatic rings. The molecular formula is C21H32ClN5O. The molecule has 0 bridgehead atoms. The van der Waals surface area contributed by atoms with Crippen molar-refractivity contribution in [2.24, 2.45) is 0 Å². The molecule has 2 atom stereocenters. The third-order valence-electron chi connectivity index (χ3n) is 5.08.